The minimum atomic E-state index is -0.798. The maximum atomic E-state index is 11.8. The number of nitrogens with zero attached hydrogens (tertiary/aromatic N) is 4. The first-order chi connectivity index (χ1) is 17.6. The Morgan fingerprint density at radius 3 is 2.61 bits per heavy atom. The summed E-state index contributed by atoms with van der Waals surface area (Å²) < 4.78 is 7.42. The van der Waals surface area contributed by atoms with Gasteiger partial charge in [0.2, 0.25) is 11.9 Å². The lowest BCUT2D eigenvalue weighted by Crippen LogP contribution is -2.12. The van der Waals surface area contributed by atoms with Gasteiger partial charge in [-0.05, 0) is 35.9 Å². The molecule has 0 spiro atoms. The van der Waals surface area contributed by atoms with Crippen molar-refractivity contribution in [3.05, 3.63) is 107 Å². The molecule has 0 fully saturated rings. The van der Waals surface area contributed by atoms with Crippen molar-refractivity contribution in [2.24, 2.45) is 5.73 Å². The first-order valence-electron chi connectivity index (χ1n) is 11.2. The lowest BCUT2D eigenvalue weighted by Gasteiger charge is -2.15. The minimum absolute atomic E-state index is 0.181. The second-order valence-electron chi connectivity index (χ2n) is 8.04. The van der Waals surface area contributed by atoms with Crippen molar-refractivity contribution in [1.82, 2.24) is 14.5 Å². The molecule has 0 unspecified atom stereocenters. The van der Waals surface area contributed by atoms with Gasteiger partial charge in [-0.3, -0.25) is 9.36 Å². The Labute approximate surface area is 207 Å². The summed E-state index contributed by atoms with van der Waals surface area (Å²) in [7, 11) is 1.60. The molecule has 0 saturated heterocycles. The number of amides is 1. The predicted octanol–water partition coefficient (Wildman–Crippen LogP) is 4.94. The van der Waals surface area contributed by atoms with Crippen molar-refractivity contribution in [3.63, 3.8) is 0 Å². The monoisotopic (exact) mass is 474 g/mol. The quantitative estimate of drug-likeness (QED) is 0.257. The SMILES string of the molecule is [C-]#[N+]/C(=C/c1cc2ccccc2n1-c1nc(NCc2ccccc2)c2cccc(OC)c2n1)C(N)=O. The molecule has 2 heterocycles. The number of nitrogens with two attached hydrogens (primary N) is 1. The van der Waals surface area contributed by atoms with Crippen LogP contribution in [0, 0.1) is 6.57 Å². The fourth-order valence-corrected chi connectivity index (χ4v) is 4.10. The van der Waals surface area contributed by atoms with Crippen molar-refractivity contribution in [3.8, 4) is 11.7 Å². The van der Waals surface area contributed by atoms with E-state index in [1.54, 1.807) is 7.11 Å². The van der Waals surface area contributed by atoms with Gasteiger partial charge in [0, 0.05) is 23.0 Å². The van der Waals surface area contributed by atoms with E-state index in [9.17, 15) is 4.79 Å². The van der Waals surface area contributed by atoms with Crippen molar-refractivity contribution >= 4 is 39.6 Å². The van der Waals surface area contributed by atoms with Gasteiger partial charge in [0.05, 0.1) is 19.2 Å². The van der Waals surface area contributed by atoms with E-state index in [2.05, 4.69) is 10.2 Å². The van der Waals surface area contributed by atoms with Gasteiger partial charge in [-0.15, -0.1) is 0 Å². The van der Waals surface area contributed by atoms with Crippen LogP contribution in [0.2, 0.25) is 0 Å². The number of rotatable bonds is 7. The predicted molar refractivity (Wildman–Crippen MR) is 140 cm³/mol. The summed E-state index contributed by atoms with van der Waals surface area (Å²) in [5.41, 5.74) is 8.36. The van der Waals surface area contributed by atoms with Gasteiger partial charge in [-0.1, -0.05) is 54.6 Å². The number of hydrogen-bond donors (Lipinski definition) is 2. The normalized spacial score (nSPS) is 11.4. The molecule has 0 saturated carbocycles. The number of methoxy groups -OCH3 is 1. The van der Waals surface area contributed by atoms with E-state index >= 15 is 0 Å². The highest BCUT2D eigenvalue weighted by Crippen LogP contribution is 2.32. The number of carbonyl (C=O) groups is 1. The number of ether oxygens (including phenoxy) is 1. The third kappa shape index (κ3) is 4.21. The van der Waals surface area contributed by atoms with E-state index in [0.717, 1.165) is 21.9 Å². The molecule has 5 aromatic rings. The number of aromatic nitrogens is 3. The molecule has 36 heavy (non-hydrogen) atoms. The number of primary amides is 1. The Kier molecular flexibility index (Phi) is 6.03. The molecule has 0 radical (unpaired) electrons. The number of carbonyl (C=O) groups excluding carboxylic acids is 1. The highest BCUT2D eigenvalue weighted by Gasteiger charge is 2.18. The van der Waals surface area contributed by atoms with Crippen LogP contribution in [0.5, 0.6) is 5.75 Å². The van der Waals surface area contributed by atoms with Crippen LogP contribution in [0.25, 0.3) is 38.7 Å². The molecule has 0 aliphatic heterocycles. The molecule has 8 heteroatoms. The molecule has 0 atom stereocenters. The molecular formula is C28H22N6O2. The van der Waals surface area contributed by atoms with Gasteiger partial charge in [-0.2, -0.15) is 4.98 Å². The summed E-state index contributed by atoms with van der Waals surface area (Å²) in [5, 5.41) is 5.15. The zero-order chi connectivity index (χ0) is 25.1. The molecule has 1 amide bonds. The van der Waals surface area contributed by atoms with Crippen LogP contribution in [0.4, 0.5) is 5.82 Å². The molecule has 0 bridgehead atoms. The number of para-hydroxylation sites is 2. The van der Waals surface area contributed by atoms with E-state index in [0.29, 0.717) is 35.3 Å². The van der Waals surface area contributed by atoms with Crippen LogP contribution in [0.1, 0.15) is 11.3 Å². The Bertz CT molecular complexity index is 1660. The lowest BCUT2D eigenvalue weighted by molar-refractivity contribution is -0.114. The molecule has 3 aromatic carbocycles. The first kappa shape index (κ1) is 22.6. The number of hydrogen-bond acceptors (Lipinski definition) is 5. The van der Waals surface area contributed by atoms with Gasteiger partial charge >= 0.3 is 0 Å². The molecule has 0 aliphatic carbocycles. The summed E-state index contributed by atoms with van der Waals surface area (Å²) in [6.07, 6.45) is 1.46. The Balaban J connectivity index is 1.75. The average molecular weight is 475 g/mol. The average Bonchev–Trinajstić information content (AvgIpc) is 3.28. The smallest absolute Gasteiger partial charge is 0.251 e. The third-order valence-corrected chi connectivity index (χ3v) is 5.80. The summed E-state index contributed by atoms with van der Waals surface area (Å²) >= 11 is 0. The summed E-state index contributed by atoms with van der Waals surface area (Å²) in [5.74, 6) is 0.800. The number of anilines is 1. The van der Waals surface area contributed by atoms with Crippen LogP contribution in [0.15, 0.2) is 84.6 Å². The second kappa shape index (κ2) is 9.60. The first-order valence-corrected chi connectivity index (χ1v) is 11.2. The van der Waals surface area contributed by atoms with Crippen LogP contribution >= 0.6 is 0 Å². The number of fused-ring (bicyclic) bond motifs is 2. The summed E-state index contributed by atoms with van der Waals surface area (Å²) in [6, 6.07) is 25.3. The maximum Gasteiger partial charge on any atom is 0.251 e. The fraction of sp³-hybridized carbons (Fsp3) is 0.0714. The van der Waals surface area contributed by atoms with E-state index in [4.69, 9.17) is 27.0 Å². The molecule has 8 nitrogen and oxygen atoms in total. The molecule has 2 aromatic heterocycles. The molecule has 0 aliphatic rings. The van der Waals surface area contributed by atoms with Crippen LogP contribution < -0.4 is 15.8 Å². The summed E-state index contributed by atoms with van der Waals surface area (Å²) in [6.45, 7) is 7.93. The standard InChI is InChI=1S/C28H22N6O2/c1-30-22(26(29)35)16-20-15-19-11-6-7-13-23(19)34(20)28-32-25-21(12-8-14-24(25)36-2)27(33-28)31-17-18-9-4-3-5-10-18/h3-16H,17H2,2H3,(H2,29,35)(H,31,32,33)/b22-16+. The molecule has 176 valence electrons. The van der Waals surface area contributed by atoms with Gasteiger partial charge in [0.1, 0.15) is 17.1 Å². The zero-order valence-corrected chi connectivity index (χ0v) is 19.5. The Hall–Kier alpha value is -5.16. The third-order valence-electron chi connectivity index (χ3n) is 5.80. The van der Waals surface area contributed by atoms with Gasteiger partial charge < -0.3 is 15.8 Å². The number of nitrogens with one attached hydrogen (secondary N) is 1. The van der Waals surface area contributed by atoms with Gasteiger partial charge in [-0.25, -0.2) is 9.83 Å². The van der Waals surface area contributed by atoms with Crippen LogP contribution in [-0.2, 0) is 11.3 Å². The number of benzene rings is 3. The van der Waals surface area contributed by atoms with Crippen molar-refractivity contribution in [2.75, 3.05) is 12.4 Å². The second-order valence-corrected chi connectivity index (χ2v) is 8.04. The minimum Gasteiger partial charge on any atom is -0.494 e. The van der Waals surface area contributed by atoms with Crippen LogP contribution in [-0.4, -0.2) is 27.6 Å². The largest absolute Gasteiger partial charge is 0.494 e. The van der Waals surface area contributed by atoms with Gasteiger partial charge in [0.15, 0.2) is 0 Å². The van der Waals surface area contributed by atoms with Crippen LogP contribution in [0.3, 0.4) is 0 Å². The van der Waals surface area contributed by atoms with E-state index in [1.807, 2.05) is 83.4 Å². The highest BCUT2D eigenvalue weighted by atomic mass is 16.5. The topological polar surface area (TPSA) is 99.4 Å². The van der Waals surface area contributed by atoms with E-state index < -0.39 is 5.91 Å². The lowest BCUT2D eigenvalue weighted by atomic mass is 10.2. The molecule has 3 N–H and O–H groups in total. The highest BCUT2D eigenvalue weighted by molar-refractivity contribution is 5.99. The van der Waals surface area contributed by atoms with Crippen molar-refractivity contribution < 1.29 is 9.53 Å². The van der Waals surface area contributed by atoms with E-state index in [-0.39, 0.29) is 5.70 Å². The van der Waals surface area contributed by atoms with Crippen molar-refractivity contribution in [2.45, 2.75) is 6.54 Å². The summed E-state index contributed by atoms with van der Waals surface area (Å²) in [4.78, 5) is 24.8. The zero-order valence-electron chi connectivity index (χ0n) is 19.5. The van der Waals surface area contributed by atoms with Gasteiger partial charge in [0.25, 0.3) is 5.70 Å². The molecule has 5 rings (SSSR count). The van der Waals surface area contributed by atoms with Crippen molar-refractivity contribution in [1.29, 1.82) is 0 Å². The molecular weight excluding hydrogens is 452 g/mol. The maximum absolute atomic E-state index is 11.8. The fourth-order valence-electron chi connectivity index (χ4n) is 4.10. The Morgan fingerprint density at radius 2 is 1.86 bits per heavy atom. The Morgan fingerprint density at radius 1 is 1.08 bits per heavy atom. The van der Waals surface area contributed by atoms with E-state index in [1.165, 1.54) is 6.08 Å².